The molecule has 1 N–H and O–H groups in total. The van der Waals surface area contributed by atoms with Crippen LogP contribution in [0.25, 0.3) is 0 Å². The van der Waals surface area contributed by atoms with E-state index in [1.54, 1.807) is 18.2 Å². The van der Waals surface area contributed by atoms with Gasteiger partial charge in [-0.25, -0.2) is 13.2 Å². The maximum Gasteiger partial charge on any atom is 0.339 e. The van der Waals surface area contributed by atoms with Crippen LogP contribution in [0.15, 0.2) is 24.3 Å². The summed E-state index contributed by atoms with van der Waals surface area (Å²) in [6.45, 7) is 0.329. The number of carbonyl (C=O) groups is 2. The van der Waals surface area contributed by atoms with E-state index in [1.807, 2.05) is 0 Å². The van der Waals surface area contributed by atoms with E-state index in [0.717, 1.165) is 6.26 Å². The Morgan fingerprint density at radius 2 is 2.00 bits per heavy atom. The van der Waals surface area contributed by atoms with Gasteiger partial charge in [0.25, 0.3) is 0 Å². The fourth-order valence-corrected chi connectivity index (χ4v) is 3.62. The predicted octanol–water partition coefficient (Wildman–Crippen LogP) is 0.836. The maximum absolute atomic E-state index is 12.4. The van der Waals surface area contributed by atoms with Crippen LogP contribution in [0.5, 0.6) is 0 Å². The van der Waals surface area contributed by atoms with Gasteiger partial charge in [-0.3, -0.25) is 4.79 Å². The average Bonchev–Trinajstić information content (AvgIpc) is 2.96. The summed E-state index contributed by atoms with van der Waals surface area (Å²) in [5.74, 6) is -1.01. The minimum absolute atomic E-state index is 0.224. The van der Waals surface area contributed by atoms with Crippen molar-refractivity contribution in [1.29, 1.82) is 0 Å². The quantitative estimate of drug-likeness (QED) is 0.828. The summed E-state index contributed by atoms with van der Waals surface area (Å²) in [5.41, 5.74) is 0.530. The van der Waals surface area contributed by atoms with Crippen molar-refractivity contribution in [2.24, 2.45) is 0 Å². The van der Waals surface area contributed by atoms with Crippen molar-refractivity contribution in [2.45, 2.75) is 18.9 Å². The van der Waals surface area contributed by atoms with Gasteiger partial charge in [-0.15, -0.1) is 0 Å². The first kappa shape index (κ1) is 16.4. The number of nitrogens with one attached hydrogen (secondary N) is 1. The number of rotatable bonds is 4. The summed E-state index contributed by atoms with van der Waals surface area (Å²) in [6, 6.07) is 5.68. The number of amides is 1. The molecule has 0 unspecified atom stereocenters. The number of para-hydroxylation sites is 1. The Morgan fingerprint density at radius 1 is 1.32 bits per heavy atom. The van der Waals surface area contributed by atoms with Crippen LogP contribution in [-0.2, 0) is 19.6 Å². The first-order chi connectivity index (χ1) is 10.3. The molecule has 1 heterocycles. The highest BCUT2D eigenvalue weighted by molar-refractivity contribution is 7.88. The van der Waals surface area contributed by atoms with Crippen LogP contribution < -0.4 is 5.32 Å². The lowest BCUT2D eigenvalue weighted by atomic mass is 10.1. The van der Waals surface area contributed by atoms with Crippen LogP contribution in [0.2, 0.25) is 0 Å². The lowest BCUT2D eigenvalue weighted by molar-refractivity contribution is -0.119. The summed E-state index contributed by atoms with van der Waals surface area (Å²) in [4.78, 5) is 24.0. The molecule has 7 nitrogen and oxygen atoms in total. The smallest absolute Gasteiger partial charge is 0.339 e. The number of anilines is 1. The summed E-state index contributed by atoms with van der Waals surface area (Å²) >= 11 is 0. The van der Waals surface area contributed by atoms with Crippen LogP contribution in [0.3, 0.4) is 0 Å². The fourth-order valence-electron chi connectivity index (χ4n) is 2.50. The van der Waals surface area contributed by atoms with Gasteiger partial charge in [-0.1, -0.05) is 12.1 Å². The molecule has 1 aliphatic heterocycles. The average molecular weight is 326 g/mol. The Bertz CT molecular complexity index is 686. The number of sulfonamides is 1. The molecule has 0 radical (unpaired) electrons. The molecular formula is C14H18N2O5S. The monoisotopic (exact) mass is 326 g/mol. The minimum Gasteiger partial charge on any atom is -0.465 e. The molecule has 22 heavy (non-hydrogen) atoms. The van der Waals surface area contributed by atoms with E-state index < -0.39 is 27.9 Å². The van der Waals surface area contributed by atoms with Crippen molar-refractivity contribution in [2.75, 3.05) is 25.2 Å². The molecule has 1 atom stereocenters. The molecule has 0 aromatic heterocycles. The third-order valence-corrected chi connectivity index (χ3v) is 4.81. The molecular weight excluding hydrogens is 308 g/mol. The highest BCUT2D eigenvalue weighted by Crippen LogP contribution is 2.23. The zero-order valence-electron chi connectivity index (χ0n) is 12.4. The molecule has 1 saturated heterocycles. The third-order valence-electron chi connectivity index (χ3n) is 3.52. The van der Waals surface area contributed by atoms with Gasteiger partial charge in [0.1, 0.15) is 6.04 Å². The van der Waals surface area contributed by atoms with E-state index in [4.69, 9.17) is 0 Å². The number of carbonyl (C=O) groups excluding carboxylic acids is 2. The van der Waals surface area contributed by atoms with E-state index in [-0.39, 0.29) is 5.56 Å². The number of ether oxygens (including phenoxy) is 1. The van der Waals surface area contributed by atoms with Gasteiger partial charge < -0.3 is 10.1 Å². The molecule has 120 valence electrons. The Labute approximate surface area is 129 Å². The molecule has 0 bridgehead atoms. The Balaban J connectivity index is 2.21. The van der Waals surface area contributed by atoms with Gasteiger partial charge in [-0.05, 0) is 25.0 Å². The van der Waals surface area contributed by atoms with Gasteiger partial charge in [0.15, 0.2) is 0 Å². The van der Waals surface area contributed by atoms with Crippen LogP contribution in [0, 0.1) is 0 Å². The fraction of sp³-hybridized carbons (Fsp3) is 0.429. The van der Waals surface area contributed by atoms with Gasteiger partial charge in [-0.2, -0.15) is 4.31 Å². The minimum atomic E-state index is -3.44. The number of nitrogens with zero attached hydrogens (tertiary/aromatic N) is 1. The van der Waals surface area contributed by atoms with E-state index in [2.05, 4.69) is 10.1 Å². The Hall–Kier alpha value is -1.93. The second kappa shape index (κ2) is 6.45. The molecule has 1 amide bonds. The van der Waals surface area contributed by atoms with E-state index in [0.29, 0.717) is 25.1 Å². The molecule has 1 fully saturated rings. The highest BCUT2D eigenvalue weighted by atomic mass is 32.2. The van der Waals surface area contributed by atoms with E-state index in [9.17, 15) is 18.0 Å². The number of hydrogen-bond donors (Lipinski definition) is 1. The second-order valence-electron chi connectivity index (χ2n) is 5.06. The first-order valence-electron chi connectivity index (χ1n) is 6.79. The van der Waals surface area contributed by atoms with Crippen LogP contribution in [0.1, 0.15) is 23.2 Å². The van der Waals surface area contributed by atoms with Crippen LogP contribution in [0.4, 0.5) is 5.69 Å². The normalized spacial score (nSPS) is 18.9. The van der Waals surface area contributed by atoms with Crippen LogP contribution >= 0.6 is 0 Å². The van der Waals surface area contributed by atoms with Gasteiger partial charge in [0.2, 0.25) is 15.9 Å². The summed E-state index contributed by atoms with van der Waals surface area (Å²) in [7, 11) is -2.19. The van der Waals surface area contributed by atoms with E-state index >= 15 is 0 Å². The summed E-state index contributed by atoms with van der Waals surface area (Å²) < 4.78 is 29.2. The molecule has 1 aromatic rings. The number of esters is 1. The van der Waals surface area contributed by atoms with Gasteiger partial charge in [0, 0.05) is 6.54 Å². The summed E-state index contributed by atoms with van der Waals surface area (Å²) in [5, 5.41) is 2.62. The molecule has 1 aromatic carbocycles. The molecule has 0 saturated carbocycles. The lowest BCUT2D eigenvalue weighted by Gasteiger charge is -2.21. The highest BCUT2D eigenvalue weighted by Gasteiger charge is 2.36. The third kappa shape index (κ3) is 3.45. The van der Waals surface area contributed by atoms with Gasteiger partial charge >= 0.3 is 5.97 Å². The van der Waals surface area contributed by atoms with E-state index in [1.165, 1.54) is 17.5 Å². The first-order valence-corrected chi connectivity index (χ1v) is 8.64. The van der Waals surface area contributed by atoms with Gasteiger partial charge in [0.05, 0.1) is 24.6 Å². The predicted molar refractivity (Wildman–Crippen MR) is 81.0 cm³/mol. The van der Waals surface area contributed by atoms with Crippen molar-refractivity contribution in [3.05, 3.63) is 29.8 Å². The second-order valence-corrected chi connectivity index (χ2v) is 6.99. The Morgan fingerprint density at radius 3 is 2.64 bits per heavy atom. The Kier molecular flexibility index (Phi) is 4.82. The zero-order valence-corrected chi connectivity index (χ0v) is 13.2. The van der Waals surface area contributed by atoms with Crippen molar-refractivity contribution >= 4 is 27.6 Å². The topological polar surface area (TPSA) is 92.8 Å². The molecule has 8 heteroatoms. The lowest BCUT2D eigenvalue weighted by Crippen LogP contribution is -2.42. The molecule has 2 rings (SSSR count). The number of methoxy groups -OCH3 is 1. The SMILES string of the molecule is COC(=O)c1ccccc1NC(=O)[C@H]1CCCN1S(C)(=O)=O. The largest absolute Gasteiger partial charge is 0.465 e. The van der Waals surface area contributed by atoms with Crippen molar-refractivity contribution < 1.29 is 22.7 Å². The van der Waals surface area contributed by atoms with Crippen molar-refractivity contribution in [3.63, 3.8) is 0 Å². The summed E-state index contributed by atoms with van der Waals surface area (Å²) in [6.07, 6.45) is 2.17. The molecule has 1 aliphatic rings. The number of benzene rings is 1. The van der Waals surface area contributed by atoms with Crippen LogP contribution in [-0.4, -0.2) is 50.6 Å². The zero-order chi connectivity index (χ0) is 16.3. The van der Waals surface area contributed by atoms with Crippen molar-refractivity contribution in [3.8, 4) is 0 Å². The molecule has 0 spiro atoms. The maximum atomic E-state index is 12.4. The standard InChI is InChI=1S/C14H18N2O5S/c1-21-14(18)10-6-3-4-7-11(10)15-13(17)12-8-5-9-16(12)22(2,19)20/h3-4,6-7,12H,5,8-9H2,1-2H3,(H,15,17)/t12-/m1/s1. The molecule has 0 aliphatic carbocycles. The number of hydrogen-bond acceptors (Lipinski definition) is 5. The van der Waals surface area contributed by atoms with Crippen molar-refractivity contribution in [1.82, 2.24) is 4.31 Å².